The molecule has 8 heteroatoms. The average Bonchev–Trinajstić information content (AvgIpc) is 3.12. The van der Waals surface area contributed by atoms with Crippen LogP contribution in [0.25, 0.3) is 5.69 Å². The Balaban J connectivity index is 1.70. The van der Waals surface area contributed by atoms with Crippen LogP contribution in [-0.2, 0) is 13.1 Å². The predicted octanol–water partition coefficient (Wildman–Crippen LogP) is 3.08. The van der Waals surface area contributed by atoms with Gasteiger partial charge in [-0.05, 0) is 49.2 Å². The van der Waals surface area contributed by atoms with Gasteiger partial charge in [0.05, 0.1) is 25.6 Å². The lowest BCUT2D eigenvalue weighted by Gasteiger charge is -2.16. The third-order valence-corrected chi connectivity index (χ3v) is 4.90. The molecule has 0 aliphatic heterocycles. The summed E-state index contributed by atoms with van der Waals surface area (Å²) in [6.07, 6.45) is 0. The van der Waals surface area contributed by atoms with E-state index in [1.165, 1.54) is 14.2 Å². The maximum absolute atomic E-state index is 10.1. The topological polar surface area (TPSA) is 92.9 Å². The number of benzene rings is 2. The van der Waals surface area contributed by atoms with E-state index in [0.29, 0.717) is 30.5 Å². The van der Waals surface area contributed by atoms with Crippen molar-refractivity contribution in [2.24, 2.45) is 4.99 Å². The van der Waals surface area contributed by atoms with Crippen LogP contribution < -0.4 is 20.1 Å². The number of methoxy groups -OCH3 is 2. The maximum atomic E-state index is 10.1. The molecule has 2 aromatic carbocycles. The highest BCUT2D eigenvalue weighted by Gasteiger charge is 2.12. The number of para-hydroxylation sites is 1. The smallest absolute Gasteiger partial charge is 0.200 e. The quantitative estimate of drug-likeness (QED) is 0.400. The van der Waals surface area contributed by atoms with Gasteiger partial charge in [-0.1, -0.05) is 18.2 Å². The van der Waals surface area contributed by atoms with Crippen LogP contribution in [0.3, 0.4) is 0 Å². The van der Waals surface area contributed by atoms with Gasteiger partial charge in [0.15, 0.2) is 17.5 Å². The van der Waals surface area contributed by atoms with Crippen molar-refractivity contribution < 1.29 is 14.6 Å². The molecule has 3 aromatic rings. The van der Waals surface area contributed by atoms with Gasteiger partial charge in [-0.2, -0.15) is 5.10 Å². The number of aromatic nitrogens is 2. The Morgan fingerprint density at radius 2 is 1.68 bits per heavy atom. The minimum atomic E-state index is -0.0167. The van der Waals surface area contributed by atoms with Crippen molar-refractivity contribution in [3.63, 3.8) is 0 Å². The molecule has 0 saturated carbocycles. The number of phenolic OH excluding ortho intramolecular Hbond substituents is 1. The van der Waals surface area contributed by atoms with Gasteiger partial charge in [0.1, 0.15) is 0 Å². The molecule has 8 nitrogen and oxygen atoms in total. The van der Waals surface area contributed by atoms with Crippen molar-refractivity contribution in [1.82, 2.24) is 20.4 Å². The third-order valence-electron chi connectivity index (χ3n) is 4.90. The first kappa shape index (κ1) is 22.0. The Morgan fingerprint density at radius 3 is 2.26 bits per heavy atom. The van der Waals surface area contributed by atoms with Crippen LogP contribution in [0.1, 0.15) is 22.5 Å². The number of aromatic hydroxyl groups is 1. The fourth-order valence-corrected chi connectivity index (χ4v) is 3.37. The SMILES string of the molecule is CN=C(NCc1cc(OC)c(O)c(OC)c1)NCc1ccccc1-n1nc(C)cc1C. The summed E-state index contributed by atoms with van der Waals surface area (Å²) in [5.74, 6) is 1.35. The predicted molar refractivity (Wildman–Crippen MR) is 121 cm³/mol. The van der Waals surface area contributed by atoms with Gasteiger partial charge < -0.3 is 25.2 Å². The zero-order chi connectivity index (χ0) is 22.4. The van der Waals surface area contributed by atoms with E-state index < -0.39 is 0 Å². The van der Waals surface area contributed by atoms with E-state index in [-0.39, 0.29) is 5.75 Å². The lowest BCUT2D eigenvalue weighted by molar-refractivity contribution is 0.339. The van der Waals surface area contributed by atoms with Gasteiger partial charge in [0, 0.05) is 25.8 Å². The summed E-state index contributed by atoms with van der Waals surface area (Å²) in [6, 6.07) is 13.7. The first-order valence-corrected chi connectivity index (χ1v) is 9.96. The molecule has 0 aliphatic rings. The number of rotatable bonds is 7. The van der Waals surface area contributed by atoms with Crippen LogP contribution in [0.5, 0.6) is 17.2 Å². The van der Waals surface area contributed by atoms with E-state index in [9.17, 15) is 5.11 Å². The minimum Gasteiger partial charge on any atom is -0.502 e. The summed E-state index contributed by atoms with van der Waals surface area (Å²) >= 11 is 0. The summed E-state index contributed by atoms with van der Waals surface area (Å²) < 4.78 is 12.4. The van der Waals surface area contributed by atoms with Crippen molar-refractivity contribution in [1.29, 1.82) is 0 Å². The van der Waals surface area contributed by atoms with Crippen molar-refractivity contribution in [3.8, 4) is 22.9 Å². The van der Waals surface area contributed by atoms with Gasteiger partial charge in [0.2, 0.25) is 5.75 Å². The highest BCUT2D eigenvalue weighted by molar-refractivity contribution is 5.79. The van der Waals surface area contributed by atoms with Crippen LogP contribution in [0.4, 0.5) is 0 Å². The highest BCUT2D eigenvalue weighted by atomic mass is 16.5. The Bertz CT molecular complexity index is 1050. The lowest BCUT2D eigenvalue weighted by Crippen LogP contribution is -2.36. The van der Waals surface area contributed by atoms with E-state index in [0.717, 1.165) is 28.2 Å². The fraction of sp³-hybridized carbons (Fsp3) is 0.304. The number of hydrogen-bond donors (Lipinski definition) is 3. The summed E-state index contributed by atoms with van der Waals surface area (Å²) in [5, 5.41) is 21.3. The molecule has 0 unspecified atom stereocenters. The molecular weight excluding hydrogens is 394 g/mol. The van der Waals surface area contributed by atoms with E-state index in [1.807, 2.05) is 30.7 Å². The van der Waals surface area contributed by atoms with Gasteiger partial charge in [-0.25, -0.2) is 4.68 Å². The standard InChI is InChI=1S/C23H29N5O3/c1-15-10-16(2)28(27-15)19-9-7-6-8-18(19)14-26-23(24-3)25-13-17-11-20(30-4)22(29)21(12-17)31-5/h6-12,29H,13-14H2,1-5H3,(H2,24,25,26). The first-order chi connectivity index (χ1) is 15.0. The first-order valence-electron chi connectivity index (χ1n) is 9.96. The molecule has 0 saturated heterocycles. The molecule has 0 amide bonds. The Kier molecular flexibility index (Phi) is 7.02. The van der Waals surface area contributed by atoms with Crippen LogP contribution in [0, 0.1) is 13.8 Å². The zero-order valence-electron chi connectivity index (χ0n) is 18.6. The lowest BCUT2D eigenvalue weighted by atomic mass is 10.1. The van der Waals surface area contributed by atoms with Gasteiger partial charge in [-0.15, -0.1) is 0 Å². The summed E-state index contributed by atoms with van der Waals surface area (Å²) in [4.78, 5) is 4.31. The number of aryl methyl sites for hydroxylation is 2. The number of nitrogens with zero attached hydrogens (tertiary/aromatic N) is 3. The maximum Gasteiger partial charge on any atom is 0.200 e. The average molecular weight is 424 g/mol. The van der Waals surface area contributed by atoms with E-state index >= 15 is 0 Å². The molecule has 0 spiro atoms. The van der Waals surface area contributed by atoms with Crippen LogP contribution in [0.15, 0.2) is 47.5 Å². The van der Waals surface area contributed by atoms with Crippen LogP contribution in [-0.4, -0.2) is 42.1 Å². The Morgan fingerprint density at radius 1 is 1.03 bits per heavy atom. The molecule has 3 N–H and O–H groups in total. The number of guanidine groups is 1. The second-order valence-corrected chi connectivity index (χ2v) is 7.10. The van der Waals surface area contributed by atoms with E-state index in [1.54, 1.807) is 19.2 Å². The van der Waals surface area contributed by atoms with E-state index in [2.05, 4.69) is 38.9 Å². The Labute approximate surface area is 182 Å². The van der Waals surface area contributed by atoms with Crippen LogP contribution in [0.2, 0.25) is 0 Å². The second kappa shape index (κ2) is 9.88. The summed E-state index contributed by atoms with van der Waals surface area (Å²) in [6.45, 7) is 5.09. The second-order valence-electron chi connectivity index (χ2n) is 7.10. The van der Waals surface area contributed by atoms with E-state index in [4.69, 9.17) is 9.47 Å². The number of ether oxygens (including phenoxy) is 2. The summed E-state index contributed by atoms with van der Waals surface area (Å²) in [5.41, 5.74) is 5.09. The minimum absolute atomic E-state index is 0.0167. The van der Waals surface area contributed by atoms with Gasteiger partial charge >= 0.3 is 0 Å². The van der Waals surface area contributed by atoms with Crippen molar-refractivity contribution in [2.45, 2.75) is 26.9 Å². The molecular formula is C23H29N5O3. The fourth-order valence-electron chi connectivity index (χ4n) is 3.37. The molecule has 3 rings (SSSR count). The third kappa shape index (κ3) is 5.09. The number of phenols is 1. The van der Waals surface area contributed by atoms with Gasteiger partial charge in [-0.3, -0.25) is 4.99 Å². The molecule has 1 heterocycles. The van der Waals surface area contributed by atoms with Crippen molar-refractivity contribution in [2.75, 3.05) is 21.3 Å². The molecule has 0 fully saturated rings. The summed E-state index contributed by atoms with van der Waals surface area (Å²) in [7, 11) is 4.74. The number of hydrogen-bond acceptors (Lipinski definition) is 5. The largest absolute Gasteiger partial charge is 0.502 e. The molecule has 0 bridgehead atoms. The molecule has 1 aromatic heterocycles. The monoisotopic (exact) mass is 423 g/mol. The molecule has 0 aliphatic carbocycles. The zero-order valence-corrected chi connectivity index (χ0v) is 18.6. The number of nitrogens with one attached hydrogen (secondary N) is 2. The van der Waals surface area contributed by atoms with Gasteiger partial charge in [0.25, 0.3) is 0 Å². The Hall–Kier alpha value is -3.68. The molecule has 0 atom stereocenters. The molecule has 164 valence electrons. The van der Waals surface area contributed by atoms with Crippen molar-refractivity contribution >= 4 is 5.96 Å². The molecule has 0 radical (unpaired) electrons. The highest BCUT2D eigenvalue weighted by Crippen LogP contribution is 2.37. The van der Waals surface area contributed by atoms with Crippen LogP contribution >= 0.6 is 0 Å². The normalized spacial score (nSPS) is 11.3. The molecule has 31 heavy (non-hydrogen) atoms. The number of aliphatic imine (C=N–C) groups is 1. The van der Waals surface area contributed by atoms with Crippen molar-refractivity contribution in [3.05, 3.63) is 65.0 Å².